The third-order valence-electron chi connectivity index (χ3n) is 2.99. The van der Waals surface area contributed by atoms with Gasteiger partial charge in [-0.2, -0.15) is 0 Å². The number of nitrogens with one attached hydrogen (secondary N) is 1. The maximum absolute atomic E-state index is 5.94. The van der Waals surface area contributed by atoms with E-state index >= 15 is 0 Å². The number of halogens is 1. The molecule has 0 heterocycles. The zero-order chi connectivity index (χ0) is 13.0. The first kappa shape index (κ1) is 13.0. The topological polar surface area (TPSA) is 12.0 Å². The highest BCUT2D eigenvalue weighted by Gasteiger charge is 2.15. The second-order valence-electron chi connectivity index (χ2n) is 4.78. The van der Waals surface area contributed by atoms with Gasteiger partial charge in [-0.15, -0.1) is 0 Å². The van der Waals surface area contributed by atoms with Gasteiger partial charge in [0.1, 0.15) is 0 Å². The molecule has 0 aliphatic heterocycles. The van der Waals surface area contributed by atoms with Crippen LogP contribution in [-0.2, 0) is 0 Å². The Morgan fingerprint density at radius 3 is 2.06 bits per heavy atom. The van der Waals surface area contributed by atoms with Crippen LogP contribution in [0.25, 0.3) is 0 Å². The maximum Gasteiger partial charge on any atom is 0.0536 e. The van der Waals surface area contributed by atoms with Crippen LogP contribution in [0.15, 0.2) is 54.6 Å². The Morgan fingerprint density at radius 1 is 0.889 bits per heavy atom. The number of rotatable bonds is 4. The van der Waals surface area contributed by atoms with Crippen LogP contribution in [0.3, 0.4) is 0 Å². The minimum Gasteiger partial charge on any atom is -0.378 e. The molecule has 0 aromatic heterocycles. The number of para-hydroxylation sites is 1. The monoisotopic (exact) mass is 259 g/mol. The predicted octanol–water partition coefficient (Wildman–Crippen LogP) is 5.15. The molecule has 18 heavy (non-hydrogen) atoms. The Bertz CT molecular complexity index is 476. The summed E-state index contributed by atoms with van der Waals surface area (Å²) in [4.78, 5) is 0. The van der Waals surface area contributed by atoms with Gasteiger partial charge in [-0.05, 0) is 35.7 Å². The molecule has 0 aliphatic rings. The molecule has 0 amide bonds. The van der Waals surface area contributed by atoms with Crippen molar-refractivity contribution < 1.29 is 0 Å². The van der Waals surface area contributed by atoms with E-state index in [9.17, 15) is 0 Å². The number of anilines is 1. The smallest absolute Gasteiger partial charge is 0.0536 e. The molecule has 1 unspecified atom stereocenters. The molecular weight excluding hydrogens is 242 g/mol. The molecular formula is C16H18ClN. The average Bonchev–Trinajstić information content (AvgIpc) is 2.38. The van der Waals surface area contributed by atoms with Crippen LogP contribution < -0.4 is 5.32 Å². The summed E-state index contributed by atoms with van der Waals surface area (Å²) >= 11 is 5.94. The zero-order valence-electron chi connectivity index (χ0n) is 10.7. The largest absolute Gasteiger partial charge is 0.378 e. The summed E-state index contributed by atoms with van der Waals surface area (Å²) in [6, 6.07) is 18.6. The van der Waals surface area contributed by atoms with E-state index in [4.69, 9.17) is 11.6 Å². The molecule has 0 spiro atoms. The highest BCUT2D eigenvalue weighted by atomic mass is 35.5. The minimum atomic E-state index is 0.296. The van der Waals surface area contributed by atoms with Crippen LogP contribution >= 0.6 is 11.6 Å². The summed E-state index contributed by atoms with van der Waals surface area (Å²) in [5.74, 6) is 0.506. The van der Waals surface area contributed by atoms with Gasteiger partial charge < -0.3 is 5.32 Å². The van der Waals surface area contributed by atoms with Crippen LogP contribution in [0.1, 0.15) is 25.5 Å². The third kappa shape index (κ3) is 3.27. The molecule has 2 heteroatoms. The molecule has 0 bridgehead atoms. The standard InChI is InChI=1S/C16H18ClN/c1-12(2)16(13-8-10-14(17)11-9-13)18-15-6-4-3-5-7-15/h3-12,16,18H,1-2H3. The summed E-state index contributed by atoms with van der Waals surface area (Å²) in [6.45, 7) is 4.43. The SMILES string of the molecule is CC(C)C(Nc1ccccc1)c1ccc(Cl)cc1. The van der Waals surface area contributed by atoms with E-state index in [-0.39, 0.29) is 0 Å². The van der Waals surface area contributed by atoms with Crippen LogP contribution in [0.2, 0.25) is 5.02 Å². The summed E-state index contributed by atoms with van der Waals surface area (Å²) in [7, 11) is 0. The molecule has 0 aliphatic carbocycles. The lowest BCUT2D eigenvalue weighted by Gasteiger charge is -2.24. The van der Waals surface area contributed by atoms with Crippen molar-refractivity contribution in [3.05, 3.63) is 65.2 Å². The number of benzene rings is 2. The van der Waals surface area contributed by atoms with Crippen molar-refractivity contribution in [2.75, 3.05) is 5.32 Å². The summed E-state index contributed by atoms with van der Waals surface area (Å²) in [5, 5.41) is 4.35. The fourth-order valence-electron chi connectivity index (χ4n) is 2.02. The summed E-state index contributed by atoms with van der Waals surface area (Å²) < 4.78 is 0. The minimum absolute atomic E-state index is 0.296. The highest BCUT2D eigenvalue weighted by molar-refractivity contribution is 6.30. The summed E-state index contributed by atoms with van der Waals surface area (Å²) in [5.41, 5.74) is 2.41. The molecule has 0 saturated carbocycles. The van der Waals surface area contributed by atoms with Gasteiger partial charge in [0.25, 0.3) is 0 Å². The van der Waals surface area contributed by atoms with Gasteiger partial charge in [0.15, 0.2) is 0 Å². The molecule has 2 rings (SSSR count). The second-order valence-corrected chi connectivity index (χ2v) is 5.22. The Morgan fingerprint density at radius 2 is 1.50 bits per heavy atom. The highest BCUT2D eigenvalue weighted by Crippen LogP contribution is 2.27. The van der Waals surface area contributed by atoms with Gasteiger partial charge in [-0.25, -0.2) is 0 Å². The van der Waals surface area contributed by atoms with Crippen LogP contribution in [0, 0.1) is 5.92 Å². The average molecular weight is 260 g/mol. The van der Waals surface area contributed by atoms with Gasteiger partial charge >= 0.3 is 0 Å². The van der Waals surface area contributed by atoms with E-state index in [0.717, 1.165) is 10.7 Å². The molecule has 1 nitrogen and oxygen atoms in total. The summed E-state index contributed by atoms with van der Waals surface area (Å²) in [6.07, 6.45) is 0. The molecule has 1 N–H and O–H groups in total. The van der Waals surface area contributed by atoms with E-state index in [1.807, 2.05) is 30.3 Å². The lowest BCUT2D eigenvalue weighted by Crippen LogP contribution is -2.16. The van der Waals surface area contributed by atoms with Crippen LogP contribution in [-0.4, -0.2) is 0 Å². The van der Waals surface area contributed by atoms with E-state index in [1.54, 1.807) is 0 Å². The molecule has 1 atom stereocenters. The molecule has 2 aromatic carbocycles. The second kappa shape index (κ2) is 5.92. The first-order chi connectivity index (χ1) is 8.66. The van der Waals surface area contributed by atoms with Crippen molar-refractivity contribution in [3.63, 3.8) is 0 Å². The quantitative estimate of drug-likeness (QED) is 0.801. The molecule has 0 radical (unpaired) electrons. The lowest BCUT2D eigenvalue weighted by molar-refractivity contribution is 0.546. The van der Waals surface area contributed by atoms with E-state index in [0.29, 0.717) is 12.0 Å². The molecule has 0 fully saturated rings. The van der Waals surface area contributed by atoms with Crippen molar-refractivity contribution in [3.8, 4) is 0 Å². The fraction of sp³-hybridized carbons (Fsp3) is 0.250. The lowest BCUT2D eigenvalue weighted by atomic mass is 9.96. The number of hydrogen-bond donors (Lipinski definition) is 1. The van der Waals surface area contributed by atoms with Crippen molar-refractivity contribution >= 4 is 17.3 Å². The molecule has 94 valence electrons. The predicted molar refractivity (Wildman–Crippen MR) is 79.1 cm³/mol. The third-order valence-corrected chi connectivity index (χ3v) is 3.24. The molecule has 2 aromatic rings. The van der Waals surface area contributed by atoms with Gasteiger partial charge in [0.2, 0.25) is 0 Å². The van der Waals surface area contributed by atoms with Gasteiger partial charge in [0, 0.05) is 10.7 Å². The fourth-order valence-corrected chi connectivity index (χ4v) is 2.14. The van der Waals surface area contributed by atoms with Crippen LogP contribution in [0.4, 0.5) is 5.69 Å². The number of hydrogen-bond acceptors (Lipinski definition) is 1. The first-order valence-corrected chi connectivity index (χ1v) is 6.61. The Balaban J connectivity index is 2.21. The van der Waals surface area contributed by atoms with E-state index in [2.05, 4.69) is 43.4 Å². The van der Waals surface area contributed by atoms with Gasteiger partial charge in [0.05, 0.1) is 6.04 Å². The Hall–Kier alpha value is -1.47. The first-order valence-electron chi connectivity index (χ1n) is 6.24. The van der Waals surface area contributed by atoms with Gasteiger partial charge in [-0.1, -0.05) is 55.8 Å². The Labute approximate surface area is 114 Å². The van der Waals surface area contributed by atoms with Crippen molar-refractivity contribution in [1.82, 2.24) is 0 Å². The maximum atomic E-state index is 5.94. The Kier molecular flexibility index (Phi) is 4.27. The molecule has 0 saturated heterocycles. The zero-order valence-corrected chi connectivity index (χ0v) is 11.5. The van der Waals surface area contributed by atoms with Crippen molar-refractivity contribution in [2.45, 2.75) is 19.9 Å². The van der Waals surface area contributed by atoms with Gasteiger partial charge in [-0.3, -0.25) is 0 Å². The van der Waals surface area contributed by atoms with Crippen LogP contribution in [0.5, 0.6) is 0 Å². The van der Waals surface area contributed by atoms with Crippen molar-refractivity contribution in [1.29, 1.82) is 0 Å². The van der Waals surface area contributed by atoms with E-state index in [1.165, 1.54) is 5.56 Å². The van der Waals surface area contributed by atoms with Crippen molar-refractivity contribution in [2.24, 2.45) is 5.92 Å². The van der Waals surface area contributed by atoms with E-state index < -0.39 is 0 Å². The normalized spacial score (nSPS) is 12.4.